The molecule has 47 heavy (non-hydrogen) atoms. The molecule has 0 radical (unpaired) electrons. The molecule has 0 bridgehead atoms. The van der Waals surface area contributed by atoms with E-state index in [0.29, 0.717) is 52.4 Å². The summed E-state index contributed by atoms with van der Waals surface area (Å²) in [5.41, 5.74) is 7.79. The van der Waals surface area contributed by atoms with Crippen molar-refractivity contribution in [1.29, 1.82) is 0 Å². The maximum atomic E-state index is 14.6. The molecule has 0 saturated carbocycles. The van der Waals surface area contributed by atoms with Gasteiger partial charge in [-0.15, -0.1) is 0 Å². The molecule has 0 aromatic heterocycles. The number of aliphatic imine (C=N–C) groups is 1. The van der Waals surface area contributed by atoms with Gasteiger partial charge in [0.15, 0.2) is 11.6 Å². The van der Waals surface area contributed by atoms with Crippen molar-refractivity contribution in [3.05, 3.63) is 146 Å². The van der Waals surface area contributed by atoms with E-state index in [9.17, 15) is 4.79 Å². The third-order valence-corrected chi connectivity index (χ3v) is 9.39. The van der Waals surface area contributed by atoms with Crippen LogP contribution in [0.3, 0.4) is 0 Å². The Morgan fingerprint density at radius 1 is 0.936 bits per heavy atom. The molecule has 2 atom stereocenters. The van der Waals surface area contributed by atoms with Crippen LogP contribution in [0.15, 0.2) is 119 Å². The summed E-state index contributed by atoms with van der Waals surface area (Å²) in [6.45, 7) is 0.834. The van der Waals surface area contributed by atoms with Crippen LogP contribution in [0.5, 0.6) is 5.75 Å². The summed E-state index contributed by atoms with van der Waals surface area (Å²) < 4.78 is 13.2. The Balaban J connectivity index is 1.38. The summed E-state index contributed by atoms with van der Waals surface area (Å²) in [7, 11) is 0. The SMILES string of the molecule is O=C(NNCc1cccc2ccccc12)[C@@]1(Cc2ccccc2Br)N=C(c2ccc(OCCCO)cc2)O[C@H]1c1ccc(Cl)cc1Cl. The smallest absolute Gasteiger partial charge is 0.266 e. The molecule has 1 aliphatic heterocycles. The fraction of sp³-hybridized carbons (Fsp3) is 0.189. The molecule has 10 heteroatoms. The molecule has 0 unspecified atom stereocenters. The molecule has 5 aromatic rings. The van der Waals surface area contributed by atoms with Gasteiger partial charge in [-0.25, -0.2) is 10.4 Å². The Labute approximate surface area is 291 Å². The minimum atomic E-state index is -1.47. The first-order valence-electron chi connectivity index (χ1n) is 15.2. The number of rotatable bonds is 12. The van der Waals surface area contributed by atoms with Crippen molar-refractivity contribution in [2.75, 3.05) is 13.2 Å². The number of carbonyl (C=O) groups is 1. The normalized spacial score (nSPS) is 17.3. The molecular weight excluding hydrogens is 701 g/mol. The molecule has 0 spiro atoms. The van der Waals surface area contributed by atoms with Crippen molar-refractivity contribution in [1.82, 2.24) is 10.9 Å². The number of aliphatic hydroxyl groups excluding tert-OH is 1. The number of hydrogen-bond acceptors (Lipinski definition) is 6. The Kier molecular flexibility index (Phi) is 10.4. The van der Waals surface area contributed by atoms with E-state index < -0.39 is 11.6 Å². The predicted octanol–water partition coefficient (Wildman–Crippen LogP) is 7.99. The number of halogens is 3. The first-order valence-corrected chi connectivity index (χ1v) is 16.7. The Hall–Kier alpha value is -3.92. The van der Waals surface area contributed by atoms with Crippen molar-refractivity contribution >= 4 is 61.7 Å². The van der Waals surface area contributed by atoms with Crippen LogP contribution in [-0.2, 0) is 22.5 Å². The van der Waals surface area contributed by atoms with E-state index in [1.165, 1.54) is 0 Å². The largest absolute Gasteiger partial charge is 0.494 e. The van der Waals surface area contributed by atoms with Crippen LogP contribution in [0.2, 0.25) is 10.0 Å². The van der Waals surface area contributed by atoms with Gasteiger partial charge < -0.3 is 14.6 Å². The van der Waals surface area contributed by atoms with Crippen LogP contribution in [0, 0.1) is 0 Å². The molecule has 3 N–H and O–H groups in total. The fourth-order valence-corrected chi connectivity index (χ4v) is 6.61. The maximum absolute atomic E-state index is 14.6. The second-order valence-corrected chi connectivity index (χ2v) is 12.9. The van der Waals surface area contributed by atoms with E-state index in [0.717, 1.165) is 26.4 Å². The summed E-state index contributed by atoms with van der Waals surface area (Å²) >= 11 is 16.7. The second-order valence-electron chi connectivity index (χ2n) is 11.2. The molecule has 240 valence electrons. The maximum Gasteiger partial charge on any atom is 0.266 e. The van der Waals surface area contributed by atoms with E-state index in [2.05, 4.69) is 45.0 Å². The molecule has 0 aliphatic carbocycles. The average molecular weight is 733 g/mol. The van der Waals surface area contributed by atoms with Crippen LogP contribution in [0.4, 0.5) is 0 Å². The Bertz CT molecular complexity index is 1920. The molecule has 1 heterocycles. The molecule has 0 fully saturated rings. The van der Waals surface area contributed by atoms with Crippen molar-refractivity contribution in [2.24, 2.45) is 4.99 Å². The lowest BCUT2D eigenvalue weighted by Crippen LogP contribution is -2.53. The van der Waals surface area contributed by atoms with Crippen molar-refractivity contribution < 1.29 is 19.4 Å². The zero-order chi connectivity index (χ0) is 32.8. The van der Waals surface area contributed by atoms with Gasteiger partial charge in [-0.05, 0) is 64.4 Å². The van der Waals surface area contributed by atoms with Gasteiger partial charge in [0.1, 0.15) is 5.75 Å². The van der Waals surface area contributed by atoms with Gasteiger partial charge in [-0.3, -0.25) is 10.2 Å². The number of hydrogen-bond donors (Lipinski definition) is 3. The van der Waals surface area contributed by atoms with Crippen molar-refractivity contribution in [3.63, 3.8) is 0 Å². The number of fused-ring (bicyclic) bond motifs is 1. The lowest BCUT2D eigenvalue weighted by Gasteiger charge is -2.31. The minimum Gasteiger partial charge on any atom is -0.494 e. The highest BCUT2D eigenvalue weighted by Crippen LogP contribution is 2.45. The number of hydrazine groups is 1. The third kappa shape index (κ3) is 7.32. The van der Waals surface area contributed by atoms with Crippen molar-refractivity contribution in [3.8, 4) is 5.75 Å². The zero-order valence-electron chi connectivity index (χ0n) is 25.3. The van der Waals surface area contributed by atoms with Gasteiger partial charge in [-0.2, -0.15) is 0 Å². The van der Waals surface area contributed by atoms with Gasteiger partial charge in [0.2, 0.25) is 5.90 Å². The number of carbonyl (C=O) groups excluding carboxylic acids is 1. The van der Waals surface area contributed by atoms with E-state index in [1.54, 1.807) is 18.2 Å². The minimum absolute atomic E-state index is 0.0514. The average Bonchev–Trinajstić information content (AvgIpc) is 3.46. The first kappa shape index (κ1) is 33.0. The van der Waals surface area contributed by atoms with Gasteiger partial charge >= 0.3 is 0 Å². The number of nitrogens with zero attached hydrogens (tertiary/aromatic N) is 1. The van der Waals surface area contributed by atoms with Gasteiger partial charge in [0.05, 0.1) is 6.61 Å². The summed E-state index contributed by atoms with van der Waals surface area (Å²) in [4.78, 5) is 19.7. The summed E-state index contributed by atoms with van der Waals surface area (Å²) in [6, 6.07) is 34.4. The number of benzene rings is 5. The highest BCUT2D eigenvalue weighted by atomic mass is 79.9. The number of ether oxygens (including phenoxy) is 2. The molecule has 7 nitrogen and oxygen atoms in total. The summed E-state index contributed by atoms with van der Waals surface area (Å²) in [5.74, 6) is 0.551. The van der Waals surface area contributed by atoms with Crippen LogP contribution in [0.25, 0.3) is 10.8 Å². The number of aliphatic hydroxyl groups is 1. The number of nitrogens with one attached hydrogen (secondary N) is 2. The summed E-state index contributed by atoms with van der Waals surface area (Å²) in [5, 5.41) is 12.1. The van der Waals surface area contributed by atoms with Gasteiger partial charge in [0, 0.05) is 51.6 Å². The predicted molar refractivity (Wildman–Crippen MR) is 190 cm³/mol. The quantitative estimate of drug-likeness (QED) is 0.0894. The zero-order valence-corrected chi connectivity index (χ0v) is 28.4. The molecule has 1 aliphatic rings. The van der Waals surface area contributed by atoms with Crippen molar-refractivity contribution in [2.45, 2.75) is 31.0 Å². The van der Waals surface area contributed by atoms with E-state index in [1.807, 2.05) is 72.8 Å². The lowest BCUT2D eigenvalue weighted by atomic mass is 9.82. The molecular formula is C37H32BrCl2N3O4. The first-order chi connectivity index (χ1) is 22.9. The second kappa shape index (κ2) is 14.9. The lowest BCUT2D eigenvalue weighted by molar-refractivity contribution is -0.130. The van der Waals surface area contributed by atoms with Crippen LogP contribution in [-0.4, -0.2) is 35.7 Å². The molecule has 0 saturated heterocycles. The highest BCUT2D eigenvalue weighted by molar-refractivity contribution is 9.10. The Morgan fingerprint density at radius 3 is 2.47 bits per heavy atom. The monoisotopic (exact) mass is 731 g/mol. The van der Waals surface area contributed by atoms with E-state index in [-0.39, 0.29) is 18.9 Å². The van der Waals surface area contributed by atoms with E-state index in [4.69, 9.17) is 42.8 Å². The fourth-order valence-electron chi connectivity index (χ4n) is 5.68. The number of amides is 1. The topological polar surface area (TPSA) is 92.2 Å². The molecule has 1 amide bonds. The summed E-state index contributed by atoms with van der Waals surface area (Å²) in [6.07, 6.45) is -0.164. The molecule has 6 rings (SSSR count). The van der Waals surface area contributed by atoms with Gasteiger partial charge in [0.25, 0.3) is 5.91 Å². The van der Waals surface area contributed by atoms with Crippen LogP contribution >= 0.6 is 39.1 Å². The third-order valence-electron chi connectivity index (χ3n) is 8.05. The standard InChI is InChI=1S/C37H32BrCl2N3O4/c38-32-12-4-2-8-26(32)22-37(36(45)43-41-23-27-10-5-9-24-7-1-3-11-30(24)27)34(31-18-15-28(39)21-33(31)40)47-35(42-37)25-13-16-29(17-14-25)46-20-6-19-44/h1-5,7-18,21,34,41,44H,6,19-20,22-23H2,(H,43,45)/t34-,37-/m0/s1. The van der Waals surface area contributed by atoms with Crippen LogP contribution in [0.1, 0.15) is 34.8 Å². The van der Waals surface area contributed by atoms with E-state index >= 15 is 0 Å². The Morgan fingerprint density at radius 2 is 1.68 bits per heavy atom. The highest BCUT2D eigenvalue weighted by Gasteiger charge is 2.54. The van der Waals surface area contributed by atoms with Gasteiger partial charge in [-0.1, -0.05) is 106 Å². The molecule has 5 aromatic carbocycles. The van der Waals surface area contributed by atoms with Crippen LogP contribution < -0.4 is 15.6 Å².